The standard InChI is InChI=1S/C20H17ClFN/c21-17-10-6-15(7-11-17)14-20(16-8-12-18(22)13-9-16)23-19-4-2-1-3-5-19/h1-13,20,23H,14H2/t20-/m1/s1. The second kappa shape index (κ2) is 7.30. The minimum Gasteiger partial charge on any atom is -0.378 e. The highest BCUT2D eigenvalue weighted by molar-refractivity contribution is 6.30. The van der Waals surface area contributed by atoms with Gasteiger partial charge in [0.15, 0.2) is 0 Å². The summed E-state index contributed by atoms with van der Waals surface area (Å²) >= 11 is 5.96. The number of para-hydroxylation sites is 1. The van der Waals surface area contributed by atoms with E-state index in [2.05, 4.69) is 5.32 Å². The molecule has 0 aliphatic carbocycles. The van der Waals surface area contributed by atoms with Crippen molar-refractivity contribution in [1.29, 1.82) is 0 Å². The molecule has 3 heteroatoms. The molecule has 1 N–H and O–H groups in total. The molecule has 3 aromatic rings. The van der Waals surface area contributed by atoms with E-state index in [0.29, 0.717) is 0 Å². The molecule has 0 aliphatic heterocycles. The molecule has 3 rings (SSSR count). The number of rotatable bonds is 5. The molecule has 0 aliphatic rings. The average molecular weight is 326 g/mol. The van der Waals surface area contributed by atoms with Gasteiger partial charge in [-0.05, 0) is 53.9 Å². The summed E-state index contributed by atoms with van der Waals surface area (Å²) in [5.41, 5.74) is 3.26. The Kier molecular flexibility index (Phi) is 4.94. The number of hydrogen-bond acceptors (Lipinski definition) is 1. The Balaban J connectivity index is 1.86. The van der Waals surface area contributed by atoms with Gasteiger partial charge in [0.2, 0.25) is 0 Å². The Bertz CT molecular complexity index is 739. The normalized spacial score (nSPS) is 11.9. The van der Waals surface area contributed by atoms with Crippen LogP contribution in [0.5, 0.6) is 0 Å². The maximum Gasteiger partial charge on any atom is 0.123 e. The number of hydrogen-bond donors (Lipinski definition) is 1. The molecule has 0 amide bonds. The van der Waals surface area contributed by atoms with Gasteiger partial charge in [-0.15, -0.1) is 0 Å². The summed E-state index contributed by atoms with van der Waals surface area (Å²) in [6, 6.07) is 24.5. The zero-order valence-electron chi connectivity index (χ0n) is 12.5. The molecule has 1 atom stereocenters. The van der Waals surface area contributed by atoms with Gasteiger partial charge in [-0.3, -0.25) is 0 Å². The molecular formula is C20H17ClFN. The molecule has 0 bridgehead atoms. The lowest BCUT2D eigenvalue weighted by Crippen LogP contribution is -2.13. The lowest BCUT2D eigenvalue weighted by atomic mass is 9.98. The maximum atomic E-state index is 13.2. The van der Waals surface area contributed by atoms with Gasteiger partial charge in [0.05, 0.1) is 6.04 Å². The summed E-state index contributed by atoms with van der Waals surface area (Å²) in [4.78, 5) is 0. The summed E-state index contributed by atoms with van der Waals surface area (Å²) in [5, 5.41) is 4.25. The first-order valence-corrected chi connectivity index (χ1v) is 7.90. The molecule has 0 radical (unpaired) electrons. The minimum absolute atomic E-state index is 0.0548. The topological polar surface area (TPSA) is 12.0 Å². The highest BCUT2D eigenvalue weighted by Crippen LogP contribution is 2.24. The first-order chi connectivity index (χ1) is 11.2. The van der Waals surface area contributed by atoms with E-state index < -0.39 is 0 Å². The van der Waals surface area contributed by atoms with E-state index in [4.69, 9.17) is 11.6 Å². The Morgan fingerprint density at radius 3 is 2.13 bits per heavy atom. The number of anilines is 1. The second-order valence-electron chi connectivity index (χ2n) is 5.45. The predicted molar refractivity (Wildman–Crippen MR) is 94.4 cm³/mol. The van der Waals surface area contributed by atoms with Crippen LogP contribution >= 0.6 is 11.6 Å². The van der Waals surface area contributed by atoms with Crippen LogP contribution in [0.25, 0.3) is 0 Å². The zero-order chi connectivity index (χ0) is 16.1. The van der Waals surface area contributed by atoms with E-state index in [-0.39, 0.29) is 11.9 Å². The Morgan fingerprint density at radius 1 is 0.826 bits per heavy atom. The van der Waals surface area contributed by atoms with Crippen LogP contribution < -0.4 is 5.32 Å². The second-order valence-corrected chi connectivity index (χ2v) is 5.88. The van der Waals surface area contributed by atoms with E-state index in [9.17, 15) is 4.39 Å². The molecule has 23 heavy (non-hydrogen) atoms. The van der Waals surface area contributed by atoms with E-state index in [1.165, 1.54) is 17.7 Å². The van der Waals surface area contributed by atoms with Crippen molar-refractivity contribution in [2.45, 2.75) is 12.5 Å². The van der Waals surface area contributed by atoms with Crippen molar-refractivity contribution in [1.82, 2.24) is 0 Å². The molecule has 0 saturated heterocycles. The Labute approximate surface area is 140 Å². The van der Waals surface area contributed by atoms with Crippen molar-refractivity contribution in [2.75, 3.05) is 5.32 Å². The third-order valence-electron chi connectivity index (χ3n) is 3.74. The van der Waals surface area contributed by atoms with Crippen molar-refractivity contribution in [3.63, 3.8) is 0 Å². The maximum absolute atomic E-state index is 13.2. The van der Waals surface area contributed by atoms with Crippen LogP contribution in [-0.4, -0.2) is 0 Å². The van der Waals surface area contributed by atoms with Gasteiger partial charge in [0, 0.05) is 10.7 Å². The van der Waals surface area contributed by atoms with Crippen molar-refractivity contribution >= 4 is 17.3 Å². The Hall–Kier alpha value is -2.32. The summed E-state index contributed by atoms with van der Waals surface area (Å²) in [6.07, 6.45) is 0.789. The summed E-state index contributed by atoms with van der Waals surface area (Å²) in [7, 11) is 0. The lowest BCUT2D eigenvalue weighted by molar-refractivity contribution is 0.625. The predicted octanol–water partition coefficient (Wildman–Crippen LogP) is 5.88. The average Bonchev–Trinajstić information content (AvgIpc) is 2.58. The van der Waals surface area contributed by atoms with Crippen molar-refractivity contribution in [3.05, 3.63) is 101 Å². The molecule has 0 aromatic heterocycles. The van der Waals surface area contributed by atoms with Crippen LogP contribution in [0.4, 0.5) is 10.1 Å². The first kappa shape index (κ1) is 15.6. The van der Waals surface area contributed by atoms with Crippen LogP contribution in [0.2, 0.25) is 5.02 Å². The van der Waals surface area contributed by atoms with E-state index in [1.807, 2.05) is 66.7 Å². The van der Waals surface area contributed by atoms with Crippen LogP contribution in [0.15, 0.2) is 78.9 Å². The van der Waals surface area contributed by atoms with Gasteiger partial charge in [-0.2, -0.15) is 0 Å². The first-order valence-electron chi connectivity index (χ1n) is 7.52. The fraction of sp³-hybridized carbons (Fsp3) is 0.100. The van der Waals surface area contributed by atoms with Crippen LogP contribution in [0.3, 0.4) is 0 Å². The molecule has 0 saturated carbocycles. The van der Waals surface area contributed by atoms with Crippen molar-refractivity contribution < 1.29 is 4.39 Å². The highest BCUT2D eigenvalue weighted by Gasteiger charge is 2.12. The molecule has 1 nitrogen and oxygen atoms in total. The van der Waals surface area contributed by atoms with Gasteiger partial charge >= 0.3 is 0 Å². The van der Waals surface area contributed by atoms with Crippen LogP contribution in [0, 0.1) is 5.82 Å². The molecular weight excluding hydrogens is 309 g/mol. The highest BCUT2D eigenvalue weighted by atomic mass is 35.5. The molecule has 0 heterocycles. The zero-order valence-corrected chi connectivity index (χ0v) is 13.3. The van der Waals surface area contributed by atoms with Gasteiger partial charge in [-0.1, -0.05) is 54.1 Å². The fourth-order valence-electron chi connectivity index (χ4n) is 2.54. The molecule has 116 valence electrons. The number of halogens is 2. The van der Waals surface area contributed by atoms with Crippen molar-refractivity contribution in [3.8, 4) is 0 Å². The summed E-state index contributed by atoms with van der Waals surface area (Å²) < 4.78 is 13.2. The molecule has 0 fully saturated rings. The number of nitrogens with one attached hydrogen (secondary N) is 1. The van der Waals surface area contributed by atoms with Gasteiger partial charge in [0.1, 0.15) is 5.82 Å². The van der Waals surface area contributed by atoms with E-state index in [1.54, 1.807) is 0 Å². The monoisotopic (exact) mass is 325 g/mol. The molecule has 0 spiro atoms. The van der Waals surface area contributed by atoms with Gasteiger partial charge < -0.3 is 5.32 Å². The van der Waals surface area contributed by atoms with Gasteiger partial charge in [-0.25, -0.2) is 4.39 Å². The minimum atomic E-state index is -0.223. The fourth-order valence-corrected chi connectivity index (χ4v) is 2.67. The third-order valence-corrected chi connectivity index (χ3v) is 3.99. The Morgan fingerprint density at radius 2 is 1.48 bits per heavy atom. The molecule has 0 unspecified atom stereocenters. The smallest absolute Gasteiger partial charge is 0.123 e. The van der Waals surface area contributed by atoms with Crippen LogP contribution in [0.1, 0.15) is 17.2 Å². The number of benzene rings is 3. The van der Waals surface area contributed by atoms with Crippen LogP contribution in [-0.2, 0) is 6.42 Å². The lowest BCUT2D eigenvalue weighted by Gasteiger charge is -2.21. The largest absolute Gasteiger partial charge is 0.378 e. The summed E-state index contributed by atoms with van der Waals surface area (Å²) in [6.45, 7) is 0. The van der Waals surface area contributed by atoms with Gasteiger partial charge in [0.25, 0.3) is 0 Å². The summed E-state index contributed by atoms with van der Waals surface area (Å²) in [5.74, 6) is -0.223. The van der Waals surface area contributed by atoms with E-state index in [0.717, 1.165) is 22.7 Å². The van der Waals surface area contributed by atoms with E-state index >= 15 is 0 Å². The molecule has 3 aromatic carbocycles. The third kappa shape index (κ3) is 4.33. The van der Waals surface area contributed by atoms with Crippen molar-refractivity contribution in [2.24, 2.45) is 0 Å². The SMILES string of the molecule is Fc1ccc([C@@H](Cc2ccc(Cl)cc2)Nc2ccccc2)cc1. The quantitative estimate of drug-likeness (QED) is 0.618.